The number of nitrogens with one attached hydrogen (secondary N) is 1. The molecule has 1 aliphatic rings. The minimum Gasteiger partial charge on any atom is -0.324 e. The van der Waals surface area contributed by atoms with Gasteiger partial charge in [0.15, 0.2) is 0 Å². The molecule has 1 aliphatic heterocycles. The van der Waals surface area contributed by atoms with Crippen molar-refractivity contribution in [3.05, 3.63) is 77.1 Å². The summed E-state index contributed by atoms with van der Waals surface area (Å²) in [7, 11) is 0. The van der Waals surface area contributed by atoms with Gasteiger partial charge in [-0.2, -0.15) is 5.10 Å². The zero-order valence-corrected chi connectivity index (χ0v) is 15.7. The second-order valence-electron chi connectivity index (χ2n) is 6.82. The zero-order valence-electron chi connectivity index (χ0n) is 15.7. The van der Waals surface area contributed by atoms with Crippen LogP contribution in [0.4, 0.5) is 11.4 Å². The Morgan fingerprint density at radius 3 is 2.41 bits per heavy atom. The minimum absolute atomic E-state index is 0.116. The van der Waals surface area contributed by atoms with Gasteiger partial charge in [0.05, 0.1) is 5.69 Å². The second kappa shape index (κ2) is 8.10. The highest BCUT2D eigenvalue weighted by Gasteiger charge is 2.21. The lowest BCUT2D eigenvalue weighted by Gasteiger charge is -2.16. The Balaban J connectivity index is 1.44. The number of anilines is 2. The van der Waals surface area contributed by atoms with Gasteiger partial charge in [-0.3, -0.25) is 14.4 Å². The highest BCUT2D eigenvalue weighted by molar-refractivity contribution is 5.96. The minimum atomic E-state index is -0.352. The first-order chi connectivity index (χ1) is 14.1. The molecule has 7 nitrogen and oxygen atoms in total. The summed E-state index contributed by atoms with van der Waals surface area (Å²) in [6.07, 6.45) is 1.43. The molecule has 0 atom stereocenters. The third kappa shape index (κ3) is 4.24. The van der Waals surface area contributed by atoms with Crippen LogP contribution < -0.4 is 15.8 Å². The molecule has 146 valence electrons. The van der Waals surface area contributed by atoms with Crippen LogP contribution in [0.5, 0.6) is 0 Å². The van der Waals surface area contributed by atoms with Crippen molar-refractivity contribution >= 4 is 23.2 Å². The van der Waals surface area contributed by atoms with Gasteiger partial charge in [-0.1, -0.05) is 30.3 Å². The number of rotatable bonds is 5. The maximum absolute atomic E-state index is 12.4. The Morgan fingerprint density at radius 2 is 1.72 bits per heavy atom. The monoisotopic (exact) mass is 388 g/mol. The smallest absolute Gasteiger partial charge is 0.267 e. The Morgan fingerprint density at radius 1 is 0.966 bits per heavy atom. The predicted molar refractivity (Wildman–Crippen MR) is 111 cm³/mol. The van der Waals surface area contributed by atoms with Gasteiger partial charge in [-0.05, 0) is 36.8 Å². The van der Waals surface area contributed by atoms with E-state index in [1.54, 1.807) is 35.2 Å². The summed E-state index contributed by atoms with van der Waals surface area (Å²) in [4.78, 5) is 38.1. The van der Waals surface area contributed by atoms with Crippen LogP contribution in [0.25, 0.3) is 11.3 Å². The summed E-state index contributed by atoms with van der Waals surface area (Å²) in [5.74, 6) is -0.236. The van der Waals surface area contributed by atoms with Crippen molar-refractivity contribution < 1.29 is 9.59 Å². The molecule has 0 radical (unpaired) electrons. The van der Waals surface area contributed by atoms with Crippen molar-refractivity contribution in [2.75, 3.05) is 16.8 Å². The van der Waals surface area contributed by atoms with Crippen molar-refractivity contribution in [2.45, 2.75) is 19.4 Å². The lowest BCUT2D eigenvalue weighted by Crippen LogP contribution is -2.29. The van der Waals surface area contributed by atoms with E-state index in [2.05, 4.69) is 10.4 Å². The van der Waals surface area contributed by atoms with E-state index in [-0.39, 0.29) is 23.9 Å². The molecule has 2 amide bonds. The summed E-state index contributed by atoms with van der Waals surface area (Å²) in [5.41, 5.74) is 2.56. The molecule has 0 unspecified atom stereocenters. The SMILES string of the molecule is O=C(Cn1nc(-c2ccccc2)ccc1=O)Nc1ccc(N2CCCC2=O)cc1. The van der Waals surface area contributed by atoms with Crippen molar-refractivity contribution in [3.8, 4) is 11.3 Å². The fraction of sp³-hybridized carbons (Fsp3) is 0.182. The van der Waals surface area contributed by atoms with Gasteiger partial charge in [-0.15, -0.1) is 0 Å². The van der Waals surface area contributed by atoms with E-state index in [1.807, 2.05) is 30.3 Å². The van der Waals surface area contributed by atoms with Crippen molar-refractivity contribution in [1.82, 2.24) is 9.78 Å². The van der Waals surface area contributed by atoms with Crippen LogP contribution in [-0.2, 0) is 16.1 Å². The molecule has 0 saturated carbocycles. The quantitative estimate of drug-likeness (QED) is 0.728. The van der Waals surface area contributed by atoms with Crippen molar-refractivity contribution in [1.29, 1.82) is 0 Å². The molecule has 1 fully saturated rings. The molecule has 1 N–H and O–H groups in total. The predicted octanol–water partition coefficient (Wildman–Crippen LogP) is 2.68. The van der Waals surface area contributed by atoms with Crippen molar-refractivity contribution in [3.63, 3.8) is 0 Å². The molecule has 0 bridgehead atoms. The fourth-order valence-corrected chi connectivity index (χ4v) is 3.31. The first-order valence-electron chi connectivity index (χ1n) is 9.44. The van der Waals surface area contributed by atoms with Gasteiger partial charge in [-0.25, -0.2) is 4.68 Å². The van der Waals surface area contributed by atoms with Crippen molar-refractivity contribution in [2.24, 2.45) is 0 Å². The van der Waals surface area contributed by atoms with Crippen LogP contribution in [0.2, 0.25) is 0 Å². The summed E-state index contributed by atoms with van der Waals surface area (Å²) < 4.78 is 1.15. The topological polar surface area (TPSA) is 84.3 Å². The fourth-order valence-electron chi connectivity index (χ4n) is 3.31. The Bertz CT molecular complexity index is 1090. The molecule has 29 heavy (non-hydrogen) atoms. The van der Waals surface area contributed by atoms with Crippen LogP contribution in [0, 0.1) is 0 Å². The largest absolute Gasteiger partial charge is 0.324 e. The maximum Gasteiger partial charge on any atom is 0.267 e. The Labute approximate surface area is 167 Å². The lowest BCUT2D eigenvalue weighted by atomic mass is 10.1. The van der Waals surface area contributed by atoms with E-state index in [4.69, 9.17) is 0 Å². The van der Waals surface area contributed by atoms with Crippen LogP contribution in [0.1, 0.15) is 12.8 Å². The Kier molecular flexibility index (Phi) is 5.20. The molecule has 2 heterocycles. The lowest BCUT2D eigenvalue weighted by molar-refractivity contribution is -0.117. The maximum atomic E-state index is 12.4. The number of benzene rings is 2. The average Bonchev–Trinajstić information content (AvgIpc) is 3.17. The molecule has 0 spiro atoms. The van der Waals surface area contributed by atoms with E-state index in [0.717, 1.165) is 28.9 Å². The van der Waals surface area contributed by atoms with Gasteiger partial charge >= 0.3 is 0 Å². The third-order valence-corrected chi connectivity index (χ3v) is 4.77. The first-order valence-corrected chi connectivity index (χ1v) is 9.44. The van der Waals surface area contributed by atoms with Crippen LogP contribution in [-0.4, -0.2) is 28.1 Å². The van der Waals surface area contributed by atoms with E-state index in [0.29, 0.717) is 17.8 Å². The molecule has 2 aromatic carbocycles. The highest BCUT2D eigenvalue weighted by atomic mass is 16.2. The van der Waals surface area contributed by atoms with Gasteiger partial charge in [0.1, 0.15) is 6.54 Å². The summed E-state index contributed by atoms with van der Waals surface area (Å²) in [6, 6.07) is 19.6. The molecular formula is C22H20N4O3. The average molecular weight is 388 g/mol. The first kappa shape index (κ1) is 18.6. The number of hydrogen-bond donors (Lipinski definition) is 1. The normalized spacial score (nSPS) is 13.5. The second-order valence-corrected chi connectivity index (χ2v) is 6.82. The van der Waals surface area contributed by atoms with Crippen LogP contribution >= 0.6 is 0 Å². The van der Waals surface area contributed by atoms with Gasteiger partial charge < -0.3 is 10.2 Å². The molecule has 4 rings (SSSR count). The summed E-state index contributed by atoms with van der Waals surface area (Å²) in [6.45, 7) is 0.531. The molecule has 1 saturated heterocycles. The molecule has 3 aromatic rings. The van der Waals surface area contributed by atoms with E-state index >= 15 is 0 Å². The number of amides is 2. The molecule has 7 heteroatoms. The van der Waals surface area contributed by atoms with E-state index < -0.39 is 0 Å². The molecule has 0 aliphatic carbocycles. The number of carbonyl (C=O) groups excluding carboxylic acids is 2. The number of aromatic nitrogens is 2. The van der Waals surface area contributed by atoms with E-state index in [1.165, 1.54) is 6.07 Å². The number of hydrogen-bond acceptors (Lipinski definition) is 4. The number of nitrogens with zero attached hydrogens (tertiary/aromatic N) is 3. The van der Waals surface area contributed by atoms with E-state index in [9.17, 15) is 14.4 Å². The number of carbonyl (C=O) groups is 2. The van der Waals surface area contributed by atoms with Crippen LogP contribution in [0.15, 0.2) is 71.5 Å². The van der Waals surface area contributed by atoms with Gasteiger partial charge in [0, 0.05) is 36.0 Å². The standard InChI is InChI=1S/C22H20N4O3/c27-20(23-17-8-10-18(11-9-17)25-14-4-7-21(25)28)15-26-22(29)13-12-19(24-26)16-5-2-1-3-6-16/h1-3,5-6,8-13H,4,7,14-15H2,(H,23,27). The third-order valence-electron chi connectivity index (χ3n) is 4.77. The molecular weight excluding hydrogens is 368 g/mol. The Hall–Kier alpha value is -3.74. The van der Waals surface area contributed by atoms with Crippen LogP contribution in [0.3, 0.4) is 0 Å². The summed E-state index contributed by atoms with van der Waals surface area (Å²) in [5, 5.41) is 7.06. The van der Waals surface area contributed by atoms with Gasteiger partial charge in [0.25, 0.3) is 5.56 Å². The molecule has 1 aromatic heterocycles. The highest BCUT2D eigenvalue weighted by Crippen LogP contribution is 2.23. The zero-order chi connectivity index (χ0) is 20.2. The summed E-state index contributed by atoms with van der Waals surface area (Å²) >= 11 is 0. The van der Waals surface area contributed by atoms with Gasteiger partial charge in [0.2, 0.25) is 11.8 Å².